The molecule has 44 heavy (non-hydrogen) atoms. The van der Waals surface area contributed by atoms with Gasteiger partial charge in [-0.2, -0.15) is 0 Å². The van der Waals surface area contributed by atoms with Gasteiger partial charge in [0.2, 0.25) is 0 Å². The average molecular weight is 591 g/mol. The molecule has 0 heterocycles. The predicted molar refractivity (Wildman–Crippen MR) is 181 cm³/mol. The van der Waals surface area contributed by atoms with Crippen molar-refractivity contribution >= 4 is 66.1 Å². The summed E-state index contributed by atoms with van der Waals surface area (Å²) in [6.07, 6.45) is 0. The van der Waals surface area contributed by atoms with Crippen LogP contribution in [-0.2, 0) is 4.57 Å². The van der Waals surface area contributed by atoms with Crippen molar-refractivity contribution in [2.45, 2.75) is 0 Å². The quantitative estimate of drug-likeness (QED) is 0.147. The highest BCUT2D eigenvalue weighted by molar-refractivity contribution is 7.85. The van der Waals surface area contributed by atoms with Crippen LogP contribution in [0.25, 0.3) is 54.2 Å². The highest BCUT2D eigenvalue weighted by Crippen LogP contribution is 2.45. The molecule has 1 nitrogen and oxygen atoms in total. The topological polar surface area (TPSA) is 17.1 Å². The molecule has 0 aliphatic rings. The first-order chi connectivity index (χ1) is 21.5. The van der Waals surface area contributed by atoms with E-state index >= 15 is 0 Å². The third-order valence-corrected chi connectivity index (χ3v) is 11.7. The Bertz CT molecular complexity index is 2360. The summed E-state index contributed by atoms with van der Waals surface area (Å²) in [4.78, 5) is 0. The summed E-state index contributed by atoms with van der Waals surface area (Å²) < 4.78 is 42.6. The van der Waals surface area contributed by atoms with Gasteiger partial charge in [-0.15, -0.1) is 0 Å². The number of halogens is 2. The van der Waals surface area contributed by atoms with E-state index in [9.17, 15) is 13.3 Å². The Kier molecular flexibility index (Phi) is 6.18. The molecule has 0 spiro atoms. The molecule has 0 radical (unpaired) electrons. The summed E-state index contributed by atoms with van der Waals surface area (Å²) in [7, 11) is -3.41. The van der Waals surface area contributed by atoms with Gasteiger partial charge >= 0.3 is 0 Å². The molecule has 0 amide bonds. The second-order valence-corrected chi connectivity index (χ2v) is 13.9. The van der Waals surface area contributed by atoms with Crippen molar-refractivity contribution in [1.82, 2.24) is 0 Å². The van der Waals surface area contributed by atoms with Crippen LogP contribution in [-0.4, -0.2) is 0 Å². The molecule has 0 atom stereocenters. The molecular formula is C40H25F2OP. The lowest BCUT2D eigenvalue weighted by Gasteiger charge is -2.21. The van der Waals surface area contributed by atoms with Crippen molar-refractivity contribution in [2.24, 2.45) is 0 Å². The summed E-state index contributed by atoms with van der Waals surface area (Å²) in [6.45, 7) is 0. The Hall–Kier alpha value is -5.11. The van der Waals surface area contributed by atoms with Gasteiger partial charge in [0.15, 0.2) is 7.14 Å². The first-order valence-corrected chi connectivity index (χ1v) is 16.2. The van der Waals surface area contributed by atoms with Crippen LogP contribution in [0.5, 0.6) is 0 Å². The minimum absolute atomic E-state index is 0.404. The molecule has 210 valence electrons. The zero-order chi connectivity index (χ0) is 29.8. The highest BCUT2D eigenvalue weighted by Gasteiger charge is 2.30. The molecule has 0 bridgehead atoms. The van der Waals surface area contributed by atoms with Crippen LogP contribution in [0.15, 0.2) is 152 Å². The SMILES string of the molecule is O=P(c1ccc(F)cc1)(c1ccc(F)cc1)c1ccc(-c2cc3c4ccccc4c4ccccc4c3c3ccccc23)cc1. The Labute approximate surface area is 253 Å². The van der Waals surface area contributed by atoms with E-state index in [0.717, 1.165) is 16.5 Å². The fourth-order valence-corrected chi connectivity index (χ4v) is 9.21. The van der Waals surface area contributed by atoms with Crippen LogP contribution in [0.1, 0.15) is 0 Å². The number of rotatable bonds is 4. The summed E-state index contributed by atoms with van der Waals surface area (Å²) in [5.74, 6) is -0.809. The molecule has 0 unspecified atom stereocenters. The van der Waals surface area contributed by atoms with Gasteiger partial charge in [0, 0.05) is 15.9 Å². The summed E-state index contributed by atoms with van der Waals surface area (Å²) in [5, 5.41) is 11.2. The van der Waals surface area contributed by atoms with E-state index in [-0.39, 0.29) is 0 Å². The molecule has 0 saturated heterocycles. The van der Waals surface area contributed by atoms with Crippen molar-refractivity contribution < 1.29 is 13.3 Å². The summed E-state index contributed by atoms with van der Waals surface area (Å²) in [6, 6.07) is 47.2. The smallest absolute Gasteiger partial charge is 0.171 e. The van der Waals surface area contributed by atoms with E-state index in [1.165, 1.54) is 62.0 Å². The Morgan fingerprint density at radius 2 is 0.750 bits per heavy atom. The average Bonchev–Trinajstić information content (AvgIpc) is 3.08. The lowest BCUT2D eigenvalue weighted by atomic mass is 9.87. The minimum atomic E-state index is -3.41. The molecule has 0 saturated carbocycles. The third-order valence-electron chi connectivity index (χ3n) is 8.67. The molecule has 0 fully saturated rings. The van der Waals surface area contributed by atoms with E-state index in [1.54, 1.807) is 24.3 Å². The van der Waals surface area contributed by atoms with E-state index in [1.807, 2.05) is 24.3 Å². The molecule has 4 heteroatoms. The number of hydrogen-bond donors (Lipinski definition) is 0. The summed E-state index contributed by atoms with van der Waals surface area (Å²) in [5.41, 5.74) is 2.08. The molecular weight excluding hydrogens is 565 g/mol. The third kappa shape index (κ3) is 4.08. The second-order valence-electron chi connectivity index (χ2n) is 11.1. The van der Waals surface area contributed by atoms with Gasteiger partial charge in [-0.3, -0.25) is 0 Å². The van der Waals surface area contributed by atoms with E-state index in [2.05, 4.69) is 78.9 Å². The zero-order valence-corrected chi connectivity index (χ0v) is 24.4. The van der Waals surface area contributed by atoms with Gasteiger partial charge in [0.05, 0.1) is 0 Å². The second kappa shape index (κ2) is 10.3. The summed E-state index contributed by atoms with van der Waals surface area (Å²) >= 11 is 0. The Balaban J connectivity index is 1.37. The fraction of sp³-hybridized carbons (Fsp3) is 0. The van der Waals surface area contributed by atoms with Crippen LogP contribution < -0.4 is 15.9 Å². The first kappa shape index (κ1) is 26.5. The highest BCUT2D eigenvalue weighted by atomic mass is 31.2. The van der Waals surface area contributed by atoms with Crippen molar-refractivity contribution in [1.29, 1.82) is 0 Å². The molecule has 0 aromatic heterocycles. The van der Waals surface area contributed by atoms with Gasteiger partial charge in [0.25, 0.3) is 0 Å². The van der Waals surface area contributed by atoms with Crippen LogP contribution in [0, 0.1) is 11.6 Å². The van der Waals surface area contributed by atoms with Crippen molar-refractivity contribution in [3.8, 4) is 11.1 Å². The number of fused-ring (bicyclic) bond motifs is 8. The van der Waals surface area contributed by atoms with E-state index in [0.29, 0.717) is 15.9 Å². The molecule has 8 aromatic rings. The van der Waals surface area contributed by atoms with Crippen LogP contribution >= 0.6 is 7.14 Å². The lowest BCUT2D eigenvalue weighted by Crippen LogP contribution is -2.25. The molecule has 0 N–H and O–H groups in total. The van der Waals surface area contributed by atoms with Gasteiger partial charge in [-0.1, -0.05) is 97.1 Å². The first-order valence-electron chi connectivity index (χ1n) is 14.5. The van der Waals surface area contributed by atoms with Gasteiger partial charge in [0.1, 0.15) is 11.6 Å². The number of hydrogen-bond acceptors (Lipinski definition) is 1. The maximum absolute atomic E-state index is 14.9. The molecule has 8 aromatic carbocycles. The molecule has 0 aliphatic heterocycles. The predicted octanol–water partition coefficient (Wildman–Crippen LogP) is 9.88. The van der Waals surface area contributed by atoms with Gasteiger partial charge in [-0.05, 0) is 109 Å². The largest absolute Gasteiger partial charge is 0.309 e. The Morgan fingerprint density at radius 3 is 1.25 bits per heavy atom. The van der Waals surface area contributed by atoms with Crippen molar-refractivity contribution in [2.75, 3.05) is 0 Å². The van der Waals surface area contributed by atoms with E-state index in [4.69, 9.17) is 0 Å². The maximum Gasteiger partial charge on any atom is 0.171 e. The standard InChI is InChI=1S/C40H25F2OP/c41-27-15-21-30(22-16-27)44(43,31-23-17-28(42)18-24-31)29-19-13-26(14-20-29)38-25-39-34-9-2-1-7-32(34)33-8-3-5-11-36(33)40(39)37-12-6-4-10-35(37)38/h1-25H. The Morgan fingerprint density at radius 1 is 0.386 bits per heavy atom. The number of benzene rings is 8. The van der Waals surface area contributed by atoms with Crippen LogP contribution in [0.2, 0.25) is 0 Å². The van der Waals surface area contributed by atoms with Crippen molar-refractivity contribution in [3.05, 3.63) is 163 Å². The van der Waals surface area contributed by atoms with Gasteiger partial charge in [-0.25, -0.2) is 8.78 Å². The minimum Gasteiger partial charge on any atom is -0.309 e. The lowest BCUT2D eigenvalue weighted by molar-refractivity contribution is 0.592. The van der Waals surface area contributed by atoms with Gasteiger partial charge < -0.3 is 4.57 Å². The van der Waals surface area contributed by atoms with E-state index < -0.39 is 18.8 Å². The molecule has 0 aliphatic carbocycles. The van der Waals surface area contributed by atoms with Crippen molar-refractivity contribution in [3.63, 3.8) is 0 Å². The fourth-order valence-electron chi connectivity index (χ4n) is 6.61. The van der Waals surface area contributed by atoms with Crippen LogP contribution in [0.3, 0.4) is 0 Å². The normalized spacial score (nSPS) is 12.0. The molecule has 8 rings (SSSR count). The van der Waals surface area contributed by atoms with Crippen LogP contribution in [0.4, 0.5) is 8.78 Å². The zero-order valence-electron chi connectivity index (χ0n) is 23.5. The maximum atomic E-state index is 14.9. The monoisotopic (exact) mass is 590 g/mol.